The molecule has 2 fully saturated rings. The molecule has 1 saturated carbocycles. The first kappa shape index (κ1) is 28.0. The van der Waals surface area contributed by atoms with Gasteiger partial charge in [-0.1, -0.05) is 19.3 Å². The van der Waals surface area contributed by atoms with Gasteiger partial charge in [0.15, 0.2) is 0 Å². The van der Waals surface area contributed by atoms with Crippen molar-refractivity contribution in [3.05, 3.63) is 35.8 Å². The minimum atomic E-state index is -0.549. The molecule has 2 atom stereocenters. The molecule has 208 valence electrons. The molecule has 0 radical (unpaired) electrons. The Hall–Kier alpha value is -2.98. The van der Waals surface area contributed by atoms with Crippen molar-refractivity contribution in [3.63, 3.8) is 0 Å². The average Bonchev–Trinajstić information content (AvgIpc) is 3.31. The zero-order valence-corrected chi connectivity index (χ0v) is 22.7. The van der Waals surface area contributed by atoms with E-state index in [9.17, 15) is 18.8 Å². The number of amides is 3. The molecule has 1 aliphatic heterocycles. The van der Waals surface area contributed by atoms with E-state index in [1.54, 1.807) is 47.6 Å². The topological polar surface area (TPSA) is 95.9 Å². The Bertz CT molecular complexity index is 1140. The van der Waals surface area contributed by atoms with E-state index in [1.807, 2.05) is 0 Å². The number of rotatable bonds is 9. The minimum Gasteiger partial charge on any atom is -0.383 e. The first-order valence-corrected chi connectivity index (χ1v) is 13.7. The number of likely N-dealkylation sites (N-methyl/N-ethyl adjacent to an activating group) is 1. The number of hydrogen-bond acceptors (Lipinski definition) is 5. The fourth-order valence-corrected chi connectivity index (χ4v) is 5.57. The largest absolute Gasteiger partial charge is 0.383 e. The molecule has 2 aromatic rings. The normalized spacial score (nSPS) is 18.4. The highest BCUT2D eigenvalue weighted by Gasteiger charge is 2.36. The van der Waals surface area contributed by atoms with Gasteiger partial charge < -0.3 is 29.7 Å². The van der Waals surface area contributed by atoms with Crippen LogP contribution in [0, 0.1) is 11.7 Å². The lowest BCUT2D eigenvalue weighted by atomic mass is 9.83. The zero-order chi connectivity index (χ0) is 27.2. The molecule has 1 aromatic heterocycles. The predicted octanol–water partition coefficient (Wildman–Crippen LogP) is 2.38. The molecule has 38 heavy (non-hydrogen) atoms. The molecule has 9 nitrogen and oxygen atoms in total. The monoisotopic (exact) mass is 529 g/mol. The van der Waals surface area contributed by atoms with Gasteiger partial charge in [0.25, 0.3) is 5.91 Å². The summed E-state index contributed by atoms with van der Waals surface area (Å²) in [4.78, 5) is 43.4. The minimum absolute atomic E-state index is 0.0645. The number of ether oxygens (including phenoxy) is 1. The Balaban J connectivity index is 1.46. The van der Waals surface area contributed by atoms with Gasteiger partial charge in [-0.15, -0.1) is 0 Å². The van der Waals surface area contributed by atoms with Gasteiger partial charge in [0.2, 0.25) is 11.8 Å². The molecule has 1 aliphatic carbocycles. The SMILES string of the molecule is CNC(C)C(=O)NC(C(=O)N1CCN(C(=O)c2cc3ccc(F)cc3n2CCOC)CC1)C1CCCCC1. The summed E-state index contributed by atoms with van der Waals surface area (Å²) in [6, 6.07) is 5.36. The number of aromatic nitrogens is 1. The van der Waals surface area contributed by atoms with Gasteiger partial charge in [-0.3, -0.25) is 14.4 Å². The summed E-state index contributed by atoms with van der Waals surface area (Å²) in [5.41, 5.74) is 1.14. The lowest BCUT2D eigenvalue weighted by Gasteiger charge is -2.39. The second-order valence-corrected chi connectivity index (χ2v) is 10.4. The Kier molecular flexibility index (Phi) is 9.38. The molecule has 0 spiro atoms. The lowest BCUT2D eigenvalue weighted by molar-refractivity contribution is -0.140. The van der Waals surface area contributed by atoms with E-state index in [0.29, 0.717) is 50.5 Å². The van der Waals surface area contributed by atoms with Gasteiger partial charge in [0, 0.05) is 45.2 Å². The van der Waals surface area contributed by atoms with Crippen LogP contribution in [0.4, 0.5) is 4.39 Å². The summed E-state index contributed by atoms with van der Waals surface area (Å²) in [7, 11) is 3.32. The molecular weight excluding hydrogens is 489 g/mol. The second kappa shape index (κ2) is 12.7. The van der Waals surface area contributed by atoms with E-state index in [0.717, 1.165) is 37.5 Å². The third kappa shape index (κ3) is 6.18. The van der Waals surface area contributed by atoms with Crippen LogP contribution >= 0.6 is 0 Å². The van der Waals surface area contributed by atoms with E-state index in [4.69, 9.17) is 4.74 Å². The highest BCUT2D eigenvalue weighted by atomic mass is 19.1. The number of nitrogens with one attached hydrogen (secondary N) is 2. The number of halogens is 1. The van der Waals surface area contributed by atoms with Crippen molar-refractivity contribution in [3.8, 4) is 0 Å². The number of methoxy groups -OCH3 is 1. The zero-order valence-electron chi connectivity index (χ0n) is 22.7. The molecular formula is C28H40FN5O4. The van der Waals surface area contributed by atoms with Gasteiger partial charge in [-0.2, -0.15) is 0 Å². The highest BCUT2D eigenvalue weighted by Crippen LogP contribution is 2.28. The maximum Gasteiger partial charge on any atom is 0.270 e. The summed E-state index contributed by atoms with van der Waals surface area (Å²) >= 11 is 0. The molecule has 0 bridgehead atoms. The van der Waals surface area contributed by atoms with Gasteiger partial charge in [-0.05, 0) is 57.0 Å². The summed E-state index contributed by atoms with van der Waals surface area (Å²) < 4.78 is 21.0. The first-order chi connectivity index (χ1) is 18.3. The molecule has 10 heteroatoms. The van der Waals surface area contributed by atoms with Crippen molar-refractivity contribution in [1.29, 1.82) is 0 Å². The quantitative estimate of drug-likeness (QED) is 0.520. The molecule has 2 N–H and O–H groups in total. The maximum absolute atomic E-state index is 14.0. The van der Waals surface area contributed by atoms with Crippen molar-refractivity contribution in [2.45, 2.75) is 57.7 Å². The number of fused-ring (bicyclic) bond motifs is 1. The summed E-state index contributed by atoms with van der Waals surface area (Å²) in [5, 5.41) is 6.76. The van der Waals surface area contributed by atoms with Gasteiger partial charge in [-0.25, -0.2) is 4.39 Å². The van der Waals surface area contributed by atoms with Crippen LogP contribution in [0.1, 0.15) is 49.5 Å². The van der Waals surface area contributed by atoms with Crippen LogP contribution in [0.5, 0.6) is 0 Å². The van der Waals surface area contributed by atoms with Crippen LogP contribution < -0.4 is 10.6 Å². The third-order valence-electron chi connectivity index (χ3n) is 7.99. The summed E-state index contributed by atoms with van der Waals surface area (Å²) in [6.07, 6.45) is 5.14. The molecule has 4 rings (SSSR count). The lowest BCUT2D eigenvalue weighted by Crippen LogP contribution is -2.59. The van der Waals surface area contributed by atoms with Gasteiger partial charge >= 0.3 is 0 Å². The molecule has 2 unspecified atom stereocenters. The molecule has 1 aromatic carbocycles. The van der Waals surface area contributed by atoms with Crippen LogP contribution in [-0.4, -0.2) is 91.1 Å². The predicted molar refractivity (Wildman–Crippen MR) is 143 cm³/mol. The van der Waals surface area contributed by atoms with E-state index < -0.39 is 6.04 Å². The second-order valence-electron chi connectivity index (χ2n) is 10.4. The summed E-state index contributed by atoms with van der Waals surface area (Å²) in [6.45, 7) is 4.19. The molecule has 2 heterocycles. The fourth-order valence-electron chi connectivity index (χ4n) is 5.57. The van der Waals surface area contributed by atoms with Gasteiger partial charge in [0.1, 0.15) is 17.6 Å². The Morgan fingerprint density at radius 3 is 2.39 bits per heavy atom. The van der Waals surface area contributed by atoms with Crippen LogP contribution in [0.2, 0.25) is 0 Å². The van der Waals surface area contributed by atoms with Gasteiger partial charge in [0.05, 0.1) is 18.2 Å². The molecule has 1 saturated heterocycles. The number of carbonyl (C=O) groups excluding carboxylic acids is 3. The number of benzene rings is 1. The summed E-state index contributed by atoms with van der Waals surface area (Å²) in [5.74, 6) is -0.620. The van der Waals surface area contributed by atoms with E-state index in [2.05, 4.69) is 10.6 Å². The Labute approximate surface area is 223 Å². The number of hydrogen-bond donors (Lipinski definition) is 2. The fraction of sp³-hybridized carbons (Fsp3) is 0.607. The van der Waals surface area contributed by atoms with Crippen molar-refractivity contribution in [2.24, 2.45) is 5.92 Å². The van der Waals surface area contributed by atoms with Crippen LogP contribution in [0.15, 0.2) is 24.3 Å². The number of nitrogens with zero attached hydrogens (tertiary/aromatic N) is 3. The Morgan fingerprint density at radius 1 is 1.05 bits per heavy atom. The van der Waals surface area contributed by atoms with Crippen molar-refractivity contribution in [2.75, 3.05) is 46.9 Å². The molecule has 3 amide bonds. The average molecular weight is 530 g/mol. The highest BCUT2D eigenvalue weighted by molar-refractivity contribution is 5.99. The van der Waals surface area contributed by atoms with E-state index >= 15 is 0 Å². The maximum atomic E-state index is 14.0. The van der Waals surface area contributed by atoms with E-state index in [-0.39, 0.29) is 35.5 Å². The standard InChI is InChI=1S/C28H40FN5O4/c1-19(30-2)26(35)31-25(20-7-5-4-6-8-20)28(37)33-13-11-32(12-14-33)27(36)24-17-21-9-10-22(29)18-23(21)34(24)15-16-38-3/h9-10,17-20,25,30H,4-8,11-16H2,1-3H3,(H,31,35). The van der Waals surface area contributed by atoms with Crippen LogP contribution in [0.3, 0.4) is 0 Å². The number of piperazine rings is 1. The van der Waals surface area contributed by atoms with Crippen molar-refractivity contribution in [1.82, 2.24) is 25.0 Å². The number of carbonyl (C=O) groups is 3. The van der Waals surface area contributed by atoms with Crippen LogP contribution in [0.25, 0.3) is 10.9 Å². The molecule has 2 aliphatic rings. The van der Waals surface area contributed by atoms with Crippen molar-refractivity contribution < 1.29 is 23.5 Å². The Morgan fingerprint density at radius 2 is 1.74 bits per heavy atom. The third-order valence-corrected chi connectivity index (χ3v) is 7.99. The van der Waals surface area contributed by atoms with E-state index in [1.165, 1.54) is 12.1 Å². The van der Waals surface area contributed by atoms with Crippen molar-refractivity contribution >= 4 is 28.6 Å². The smallest absolute Gasteiger partial charge is 0.270 e. The first-order valence-electron chi connectivity index (χ1n) is 13.7. The van der Waals surface area contributed by atoms with Crippen LogP contribution in [-0.2, 0) is 20.9 Å².